The van der Waals surface area contributed by atoms with Gasteiger partial charge in [-0.1, -0.05) is 53.5 Å². The van der Waals surface area contributed by atoms with E-state index in [0.717, 1.165) is 11.3 Å². The lowest BCUT2D eigenvalue weighted by atomic mass is 10.2. The van der Waals surface area contributed by atoms with Crippen LogP contribution in [0.25, 0.3) is 0 Å². The van der Waals surface area contributed by atoms with E-state index in [4.69, 9.17) is 27.9 Å². The number of carbonyl (C=O) groups excluding carboxylic acids is 2. The highest BCUT2D eigenvalue weighted by Crippen LogP contribution is 2.28. The van der Waals surface area contributed by atoms with Gasteiger partial charge in [-0.25, -0.2) is 4.98 Å². The van der Waals surface area contributed by atoms with Gasteiger partial charge in [0.15, 0.2) is 5.13 Å². The summed E-state index contributed by atoms with van der Waals surface area (Å²) in [6, 6.07) is 14.9. The summed E-state index contributed by atoms with van der Waals surface area (Å²) in [5.74, 6) is -0.202. The number of amides is 2. The molecule has 1 aliphatic heterocycles. The standard InChI is InChI=1S/C24H24Cl2N4O3S/c25-19-7-6-18(14-20(19)26)27-24-28-21(16-34-24)23(32)30(15-17-4-2-1-3-5-17)9-8-22(31)29-10-12-33-13-11-29/h1-7,14,16H,8-13,15H2,(H,27,28). The number of hydrogen-bond acceptors (Lipinski definition) is 6. The number of rotatable bonds is 8. The van der Waals surface area contributed by atoms with Gasteiger partial charge in [-0.3, -0.25) is 9.59 Å². The summed E-state index contributed by atoms with van der Waals surface area (Å²) < 4.78 is 5.32. The molecule has 1 saturated heterocycles. The molecule has 1 aromatic heterocycles. The molecule has 10 heteroatoms. The van der Waals surface area contributed by atoms with Gasteiger partial charge in [0, 0.05) is 43.7 Å². The van der Waals surface area contributed by atoms with Crippen LogP contribution in [0.5, 0.6) is 0 Å². The van der Waals surface area contributed by atoms with Gasteiger partial charge >= 0.3 is 0 Å². The van der Waals surface area contributed by atoms with Gasteiger partial charge in [-0.05, 0) is 23.8 Å². The fourth-order valence-electron chi connectivity index (χ4n) is 3.55. The van der Waals surface area contributed by atoms with Gasteiger partial charge < -0.3 is 19.9 Å². The van der Waals surface area contributed by atoms with E-state index in [-0.39, 0.29) is 18.2 Å². The topological polar surface area (TPSA) is 74.8 Å². The number of thiazole rings is 1. The van der Waals surface area contributed by atoms with Crippen molar-refractivity contribution in [3.63, 3.8) is 0 Å². The van der Waals surface area contributed by atoms with E-state index in [1.54, 1.807) is 33.4 Å². The van der Waals surface area contributed by atoms with Crippen molar-refractivity contribution in [2.24, 2.45) is 0 Å². The Balaban J connectivity index is 1.45. The lowest BCUT2D eigenvalue weighted by Crippen LogP contribution is -2.42. The third-order valence-electron chi connectivity index (χ3n) is 5.36. The molecular formula is C24H24Cl2N4O3S. The molecule has 34 heavy (non-hydrogen) atoms. The summed E-state index contributed by atoms with van der Waals surface area (Å²) in [5.41, 5.74) is 2.03. The first-order valence-corrected chi connectivity index (χ1v) is 12.5. The van der Waals surface area contributed by atoms with E-state index >= 15 is 0 Å². The minimum absolute atomic E-state index is 0.0226. The number of nitrogens with zero attached hydrogens (tertiary/aromatic N) is 3. The first kappa shape index (κ1) is 24.5. The van der Waals surface area contributed by atoms with Gasteiger partial charge in [0.05, 0.1) is 23.3 Å². The van der Waals surface area contributed by atoms with E-state index in [1.807, 2.05) is 30.3 Å². The molecule has 0 aliphatic carbocycles. The zero-order valence-electron chi connectivity index (χ0n) is 18.4. The van der Waals surface area contributed by atoms with Crippen LogP contribution >= 0.6 is 34.5 Å². The number of halogens is 2. The Morgan fingerprint density at radius 1 is 1.09 bits per heavy atom. The SMILES string of the molecule is O=C(CCN(Cc1ccccc1)C(=O)c1csc(Nc2ccc(Cl)c(Cl)c2)n1)N1CCOCC1. The van der Waals surface area contributed by atoms with E-state index in [2.05, 4.69) is 10.3 Å². The van der Waals surface area contributed by atoms with Crippen molar-refractivity contribution in [2.75, 3.05) is 38.2 Å². The van der Waals surface area contributed by atoms with E-state index in [1.165, 1.54) is 11.3 Å². The van der Waals surface area contributed by atoms with Crippen LogP contribution in [0.15, 0.2) is 53.9 Å². The van der Waals surface area contributed by atoms with Gasteiger partial charge in [0.1, 0.15) is 5.69 Å². The molecule has 0 spiro atoms. The monoisotopic (exact) mass is 518 g/mol. The summed E-state index contributed by atoms with van der Waals surface area (Å²) in [5, 5.41) is 6.32. The molecule has 2 aromatic carbocycles. The van der Waals surface area contributed by atoms with Gasteiger partial charge in [0.2, 0.25) is 5.91 Å². The van der Waals surface area contributed by atoms with E-state index in [9.17, 15) is 9.59 Å². The number of morpholine rings is 1. The molecule has 0 radical (unpaired) electrons. The van der Waals surface area contributed by atoms with Crippen molar-refractivity contribution in [3.8, 4) is 0 Å². The molecule has 1 fully saturated rings. The molecule has 1 N–H and O–H groups in total. The first-order chi connectivity index (χ1) is 16.5. The Morgan fingerprint density at radius 3 is 2.59 bits per heavy atom. The summed E-state index contributed by atoms with van der Waals surface area (Å²) in [6.45, 7) is 2.96. The van der Waals surface area contributed by atoms with Crippen molar-refractivity contribution in [1.29, 1.82) is 0 Å². The second-order valence-electron chi connectivity index (χ2n) is 7.75. The number of carbonyl (C=O) groups is 2. The number of anilines is 2. The predicted octanol–water partition coefficient (Wildman–Crippen LogP) is 5.08. The molecule has 178 valence electrons. The van der Waals surface area contributed by atoms with Crippen LogP contribution in [0.1, 0.15) is 22.5 Å². The average molecular weight is 519 g/mol. The molecule has 0 bridgehead atoms. The van der Waals surface area contributed by atoms with Crippen molar-refractivity contribution in [2.45, 2.75) is 13.0 Å². The normalized spacial score (nSPS) is 13.5. The molecule has 0 saturated carbocycles. The Bertz CT molecular complexity index is 1140. The number of benzene rings is 2. The van der Waals surface area contributed by atoms with Crippen molar-refractivity contribution in [3.05, 3.63) is 75.2 Å². The molecular weight excluding hydrogens is 495 g/mol. The van der Waals surface area contributed by atoms with Crippen LogP contribution in [0.2, 0.25) is 10.0 Å². The van der Waals surface area contributed by atoms with Gasteiger partial charge in [0.25, 0.3) is 5.91 Å². The third kappa shape index (κ3) is 6.48. The molecule has 1 aliphatic rings. The molecule has 4 rings (SSSR count). The summed E-state index contributed by atoms with van der Waals surface area (Å²) in [7, 11) is 0. The minimum Gasteiger partial charge on any atom is -0.378 e. The molecule has 2 amide bonds. The first-order valence-electron chi connectivity index (χ1n) is 10.9. The maximum absolute atomic E-state index is 13.4. The van der Waals surface area contributed by atoms with Crippen LogP contribution in [0.4, 0.5) is 10.8 Å². The molecule has 7 nitrogen and oxygen atoms in total. The van der Waals surface area contributed by atoms with Crippen LogP contribution < -0.4 is 5.32 Å². The maximum atomic E-state index is 13.4. The Kier molecular flexibility index (Phi) is 8.39. The highest BCUT2D eigenvalue weighted by Gasteiger charge is 2.23. The lowest BCUT2D eigenvalue weighted by molar-refractivity contribution is -0.135. The average Bonchev–Trinajstić information content (AvgIpc) is 3.33. The summed E-state index contributed by atoms with van der Waals surface area (Å²) in [6.07, 6.45) is 0.247. The maximum Gasteiger partial charge on any atom is 0.273 e. The summed E-state index contributed by atoms with van der Waals surface area (Å²) in [4.78, 5) is 33.9. The second-order valence-corrected chi connectivity index (χ2v) is 9.42. The Hall–Kier alpha value is -2.65. The van der Waals surface area contributed by atoms with Crippen molar-refractivity contribution < 1.29 is 14.3 Å². The smallest absolute Gasteiger partial charge is 0.273 e. The number of hydrogen-bond donors (Lipinski definition) is 1. The van der Waals surface area contributed by atoms with Crippen molar-refractivity contribution in [1.82, 2.24) is 14.8 Å². The van der Waals surface area contributed by atoms with Gasteiger partial charge in [-0.2, -0.15) is 0 Å². The molecule has 3 aromatic rings. The number of aromatic nitrogens is 1. The Morgan fingerprint density at radius 2 is 1.85 bits per heavy atom. The lowest BCUT2D eigenvalue weighted by Gasteiger charge is -2.28. The molecule has 0 unspecified atom stereocenters. The predicted molar refractivity (Wildman–Crippen MR) is 135 cm³/mol. The van der Waals surface area contributed by atoms with Crippen LogP contribution in [0.3, 0.4) is 0 Å². The number of ether oxygens (including phenoxy) is 1. The highest BCUT2D eigenvalue weighted by molar-refractivity contribution is 7.14. The van der Waals surface area contributed by atoms with Crippen molar-refractivity contribution >= 4 is 57.2 Å². The van der Waals surface area contributed by atoms with Crippen LogP contribution in [-0.4, -0.2) is 59.4 Å². The Labute approximate surface area is 212 Å². The number of nitrogens with one attached hydrogen (secondary N) is 1. The zero-order valence-corrected chi connectivity index (χ0v) is 20.7. The van der Waals surface area contributed by atoms with Crippen LogP contribution in [-0.2, 0) is 16.1 Å². The van der Waals surface area contributed by atoms with E-state index < -0.39 is 0 Å². The highest BCUT2D eigenvalue weighted by atomic mass is 35.5. The van der Waals surface area contributed by atoms with Gasteiger partial charge in [-0.15, -0.1) is 11.3 Å². The largest absolute Gasteiger partial charge is 0.378 e. The minimum atomic E-state index is -0.225. The van der Waals surface area contributed by atoms with E-state index in [0.29, 0.717) is 60.3 Å². The third-order valence-corrected chi connectivity index (χ3v) is 6.85. The summed E-state index contributed by atoms with van der Waals surface area (Å²) >= 11 is 13.4. The zero-order chi connectivity index (χ0) is 23.9. The fourth-order valence-corrected chi connectivity index (χ4v) is 4.55. The molecule has 0 atom stereocenters. The second kappa shape index (κ2) is 11.7. The van der Waals surface area contributed by atoms with Crippen LogP contribution in [0, 0.1) is 0 Å². The quantitative estimate of drug-likeness (QED) is 0.449. The fraction of sp³-hybridized carbons (Fsp3) is 0.292. The molecule has 2 heterocycles.